The smallest absolute Gasteiger partial charge is 0.260 e. The van der Waals surface area contributed by atoms with Crippen LogP contribution in [0.3, 0.4) is 0 Å². The summed E-state index contributed by atoms with van der Waals surface area (Å²) in [6.07, 6.45) is 27.2. The third-order valence-corrected chi connectivity index (χ3v) is 23.9. The zero-order valence-electron chi connectivity index (χ0n) is 72.5. The fourth-order valence-corrected chi connectivity index (χ4v) is 16.8. The number of nitrogens with one attached hydrogen (secondary N) is 4. The molecule has 1 aliphatic carbocycles. The normalized spacial score (nSPS) is 18.4. The summed E-state index contributed by atoms with van der Waals surface area (Å²) >= 11 is 1.65. The fourth-order valence-electron chi connectivity index (χ4n) is 15.4. The molecule has 7 aliphatic rings. The van der Waals surface area contributed by atoms with E-state index in [0.717, 1.165) is 28.0 Å². The van der Waals surface area contributed by atoms with Crippen molar-refractivity contribution in [1.29, 1.82) is 0 Å². The van der Waals surface area contributed by atoms with E-state index in [1.807, 2.05) is 42.7 Å². The predicted octanol–water partition coefficient (Wildman–Crippen LogP) is 11.8. The fraction of sp³-hybridized carbons (Fsp3) is 0.587. The molecule has 1 saturated heterocycles. The SMILES string of the molecule is COc1cc2c(cc1OCCCOc1cc3c(cc1OC)C(=O)N1C=C(c4ccc5c(c4)OCO5)C[C@H]1C=N3)N=C[C@@H]1CC(c3ccc(NC(=O)[C@H](C)NC(=O)[C@@H](NC(=O)CCOCCOCCOCCOCCOCCOCCOCCOCCNC(=O)CCN4C(=O)CC(SCC5CCCCCCCCCCCCCC5)C4=O)C(C)C)cc3)=CN1C2=O. The first-order chi connectivity index (χ1) is 60.5. The number of anilines is 1. The summed E-state index contributed by atoms with van der Waals surface area (Å²) in [7, 11) is 3.02. The van der Waals surface area contributed by atoms with Gasteiger partial charge in [0.2, 0.25) is 42.2 Å². The van der Waals surface area contributed by atoms with Crippen LogP contribution in [0.25, 0.3) is 11.1 Å². The molecule has 5 atom stereocenters. The first-order valence-corrected chi connectivity index (χ1v) is 45.2. The van der Waals surface area contributed by atoms with Crippen LogP contribution in [0.5, 0.6) is 34.5 Å². The van der Waals surface area contributed by atoms with Crippen molar-refractivity contribution in [3.05, 3.63) is 101 Å². The van der Waals surface area contributed by atoms with Gasteiger partial charge in [-0.05, 0) is 96.0 Å². The highest BCUT2D eigenvalue weighted by Gasteiger charge is 2.40. The number of methoxy groups -OCH3 is 2. The minimum atomic E-state index is -0.946. The zero-order chi connectivity index (χ0) is 87.2. The Morgan fingerprint density at radius 3 is 1.48 bits per heavy atom. The molecule has 1 saturated carbocycles. The summed E-state index contributed by atoms with van der Waals surface area (Å²) in [5.41, 5.74) is 5.77. The van der Waals surface area contributed by atoms with Crippen molar-refractivity contribution in [3.63, 3.8) is 0 Å². The molecule has 6 aliphatic heterocycles. The van der Waals surface area contributed by atoms with Crippen LogP contribution >= 0.6 is 11.8 Å². The van der Waals surface area contributed by atoms with E-state index in [-0.39, 0.29) is 118 Å². The van der Waals surface area contributed by atoms with Gasteiger partial charge in [-0.2, -0.15) is 0 Å². The molecule has 0 radical (unpaired) electrons. The van der Waals surface area contributed by atoms with Crippen molar-refractivity contribution in [2.24, 2.45) is 21.8 Å². The lowest BCUT2D eigenvalue weighted by Gasteiger charge is -2.24. The van der Waals surface area contributed by atoms with E-state index in [2.05, 4.69) is 21.3 Å². The Bertz CT molecular complexity index is 4280. The lowest BCUT2D eigenvalue weighted by atomic mass is 9.96. The van der Waals surface area contributed by atoms with Gasteiger partial charge >= 0.3 is 0 Å². The van der Waals surface area contributed by atoms with E-state index in [4.69, 9.17) is 76.3 Å². The maximum absolute atomic E-state index is 14.2. The Morgan fingerprint density at radius 2 is 0.976 bits per heavy atom. The second-order valence-corrected chi connectivity index (χ2v) is 33.2. The number of imide groups is 1. The summed E-state index contributed by atoms with van der Waals surface area (Å²) in [5.74, 6) is 1.77. The second kappa shape index (κ2) is 51.2. The standard InChI is InChI=1S/C92H125N9O22S/c1-63(2)87(98-85(103)28-33-112-35-37-114-39-41-116-43-45-118-47-48-119-46-44-117-42-40-115-38-36-113-34-29-93-84(102)27-30-99-86(104)56-83(92(99)109)124-61-65-19-16-14-12-10-8-6-7-9-11-13-15-17-20-65)89(106)96-64(3)88(105)97-70-24-21-66(22-25-70)68-49-71-57-94-75-54-81(78(110-4)52-73(75)90(107)100(71)59-68)120-31-18-32-121-82-55-76-74(53-79(82)111-5)91(108)101-60-69(50-72(101)58-95-76)67-23-26-77-80(51-67)123-62-122-77/h21-26,51-55,57-60,63-65,71-72,83,87H,6-20,27-50,56,61-62H2,1-5H3,(H,93,102)(H,96,106)(H,97,105)(H,98,103)/t64-,71-,72-,83?,87-/m0/s1. The van der Waals surface area contributed by atoms with Crippen LogP contribution in [0.1, 0.15) is 181 Å². The van der Waals surface area contributed by atoms with E-state index >= 15 is 0 Å². The summed E-state index contributed by atoms with van der Waals surface area (Å²) in [5, 5.41) is 10.8. The van der Waals surface area contributed by atoms with Crippen molar-refractivity contribution in [1.82, 2.24) is 30.7 Å². The summed E-state index contributed by atoms with van der Waals surface area (Å²) in [4.78, 5) is 121. The molecule has 676 valence electrons. The molecule has 8 amide bonds. The van der Waals surface area contributed by atoms with Gasteiger partial charge in [0.25, 0.3) is 11.8 Å². The van der Waals surface area contributed by atoms with Crippen LogP contribution in [0.4, 0.5) is 17.1 Å². The van der Waals surface area contributed by atoms with Gasteiger partial charge in [0.1, 0.15) is 12.1 Å². The van der Waals surface area contributed by atoms with Crippen LogP contribution in [0.15, 0.2) is 89.1 Å². The molecular weight excluding hydrogens is 1620 g/mol. The molecule has 6 heterocycles. The van der Waals surface area contributed by atoms with Gasteiger partial charge in [0.15, 0.2) is 34.5 Å². The maximum Gasteiger partial charge on any atom is 0.260 e. The number of likely N-dealkylation sites (tertiary alicyclic amines) is 1. The highest BCUT2D eigenvalue weighted by Crippen LogP contribution is 2.44. The number of hydrogen-bond donors (Lipinski definition) is 4. The number of ether oxygens (including phenoxy) is 14. The Kier molecular flexibility index (Phi) is 39.3. The molecule has 4 N–H and O–H groups in total. The number of fused-ring (bicyclic) bond motifs is 5. The number of thioether (sulfide) groups is 1. The Balaban J connectivity index is 0.465. The number of aliphatic imine (C=N–C) groups is 2. The quantitative estimate of drug-likeness (QED) is 0.0236. The number of nitrogens with zero attached hydrogens (tertiary/aromatic N) is 5. The van der Waals surface area contributed by atoms with Gasteiger partial charge in [-0.1, -0.05) is 109 Å². The van der Waals surface area contributed by atoms with E-state index in [0.29, 0.717) is 187 Å². The predicted molar refractivity (Wildman–Crippen MR) is 470 cm³/mol. The summed E-state index contributed by atoms with van der Waals surface area (Å²) in [6, 6.07) is 17.2. The molecule has 0 bridgehead atoms. The van der Waals surface area contributed by atoms with Gasteiger partial charge in [0.05, 0.1) is 173 Å². The van der Waals surface area contributed by atoms with Crippen LogP contribution in [-0.2, 0) is 66.7 Å². The van der Waals surface area contributed by atoms with Crippen molar-refractivity contribution in [2.75, 3.05) is 164 Å². The number of carbonyl (C=O) groups is 8. The number of carbonyl (C=O) groups excluding carboxylic acids is 8. The Labute approximate surface area is 731 Å². The Hall–Kier alpha value is -9.51. The largest absolute Gasteiger partial charge is 0.493 e. The van der Waals surface area contributed by atoms with Crippen molar-refractivity contribution < 1.29 is 105 Å². The number of hydrogen-bond acceptors (Lipinski definition) is 25. The van der Waals surface area contributed by atoms with Crippen LogP contribution in [0.2, 0.25) is 0 Å². The first kappa shape index (κ1) is 95.2. The molecule has 31 nitrogen and oxygen atoms in total. The van der Waals surface area contributed by atoms with E-state index in [1.54, 1.807) is 91.2 Å². The van der Waals surface area contributed by atoms with E-state index in [9.17, 15) is 38.4 Å². The van der Waals surface area contributed by atoms with E-state index in [1.165, 1.54) is 109 Å². The highest BCUT2D eigenvalue weighted by molar-refractivity contribution is 8.00. The van der Waals surface area contributed by atoms with Crippen LogP contribution < -0.4 is 49.7 Å². The molecule has 0 spiro atoms. The lowest BCUT2D eigenvalue weighted by molar-refractivity contribution is -0.138. The minimum absolute atomic E-state index is 0.0114. The van der Waals surface area contributed by atoms with Gasteiger partial charge in [-0.25, -0.2) is 0 Å². The van der Waals surface area contributed by atoms with Crippen molar-refractivity contribution in [3.8, 4) is 34.5 Å². The molecule has 0 aromatic heterocycles. The van der Waals surface area contributed by atoms with Crippen LogP contribution in [-0.4, -0.2) is 263 Å². The molecule has 1 unspecified atom stereocenters. The van der Waals surface area contributed by atoms with E-state index < -0.39 is 23.9 Å². The molecule has 4 aromatic rings. The first-order valence-electron chi connectivity index (χ1n) is 44.1. The van der Waals surface area contributed by atoms with Crippen LogP contribution in [0, 0.1) is 11.8 Å². The highest BCUT2D eigenvalue weighted by atomic mass is 32.2. The topological polar surface area (TPSA) is 348 Å². The summed E-state index contributed by atoms with van der Waals surface area (Å²) < 4.78 is 79.5. The molecular formula is C92H125N9O22S. The third-order valence-electron chi connectivity index (χ3n) is 22.4. The summed E-state index contributed by atoms with van der Waals surface area (Å²) in [6.45, 7) is 11.9. The molecule has 2 fully saturated rings. The monoisotopic (exact) mass is 1740 g/mol. The molecule has 4 aromatic carbocycles. The lowest BCUT2D eigenvalue weighted by Crippen LogP contribution is -2.53. The van der Waals surface area contributed by atoms with Gasteiger partial charge in [0, 0.05) is 94.3 Å². The zero-order valence-corrected chi connectivity index (χ0v) is 73.3. The average Bonchev–Trinajstić information content (AvgIpc) is 1.63. The maximum atomic E-state index is 14.2. The second-order valence-electron chi connectivity index (χ2n) is 31.9. The Morgan fingerprint density at radius 1 is 0.500 bits per heavy atom. The average molecular weight is 1740 g/mol. The molecule has 11 rings (SSSR count). The van der Waals surface area contributed by atoms with Gasteiger partial charge in [-0.15, -0.1) is 11.8 Å². The molecule has 124 heavy (non-hydrogen) atoms. The third kappa shape index (κ3) is 29.3. The number of rotatable bonds is 49. The van der Waals surface area contributed by atoms with Crippen molar-refractivity contribution >= 4 is 99.7 Å². The number of benzene rings is 4. The van der Waals surface area contributed by atoms with Gasteiger partial charge < -0.3 is 97.4 Å². The molecule has 32 heteroatoms. The minimum Gasteiger partial charge on any atom is -0.493 e. The van der Waals surface area contributed by atoms with Gasteiger partial charge in [-0.3, -0.25) is 53.2 Å². The number of amides is 8. The van der Waals surface area contributed by atoms with Crippen molar-refractivity contribution in [2.45, 2.75) is 179 Å².